The molecule has 0 aromatic heterocycles. The zero-order valence-corrected chi connectivity index (χ0v) is 14.4. The fourth-order valence-corrected chi connectivity index (χ4v) is 3.81. The Kier molecular flexibility index (Phi) is 4.63. The van der Waals surface area contributed by atoms with Crippen molar-refractivity contribution in [1.82, 2.24) is 5.32 Å². The zero-order valence-electron chi connectivity index (χ0n) is 13.7. The number of ether oxygens (including phenoxy) is 2. The van der Waals surface area contributed by atoms with Gasteiger partial charge < -0.3 is 14.8 Å². The Morgan fingerprint density at radius 3 is 2.83 bits per heavy atom. The number of hydrogen-bond acceptors (Lipinski definition) is 3. The van der Waals surface area contributed by atoms with Crippen LogP contribution in [0, 0.1) is 0 Å². The monoisotopic (exact) mass is 343 g/mol. The Hall–Kier alpha value is -1.71. The van der Waals surface area contributed by atoms with E-state index in [1.165, 1.54) is 17.5 Å². The van der Waals surface area contributed by atoms with E-state index in [-0.39, 0.29) is 0 Å². The molecule has 0 bridgehead atoms. The molecule has 4 rings (SSSR count). The molecule has 0 fully saturated rings. The topological polar surface area (TPSA) is 30.5 Å². The summed E-state index contributed by atoms with van der Waals surface area (Å²) < 4.78 is 11.5. The number of nitrogens with one attached hydrogen (secondary N) is 1. The molecule has 4 heteroatoms. The smallest absolute Gasteiger partial charge is 0.179 e. The van der Waals surface area contributed by atoms with Crippen LogP contribution in [0.25, 0.3) is 0 Å². The van der Waals surface area contributed by atoms with E-state index in [4.69, 9.17) is 21.1 Å². The number of hydrogen-bond donors (Lipinski definition) is 1. The van der Waals surface area contributed by atoms with Crippen molar-refractivity contribution in [3.05, 3.63) is 58.1 Å². The maximum atomic E-state index is 6.38. The number of aryl methyl sites for hydroxylation is 1. The molecule has 1 aliphatic heterocycles. The van der Waals surface area contributed by atoms with Crippen LogP contribution in [0.15, 0.2) is 36.4 Å². The molecule has 126 valence electrons. The van der Waals surface area contributed by atoms with E-state index in [0.717, 1.165) is 37.1 Å². The first-order valence-electron chi connectivity index (χ1n) is 8.68. The van der Waals surface area contributed by atoms with Crippen molar-refractivity contribution in [2.45, 2.75) is 38.3 Å². The minimum absolute atomic E-state index is 0.509. The van der Waals surface area contributed by atoms with E-state index in [1.54, 1.807) is 0 Å². The quantitative estimate of drug-likeness (QED) is 0.908. The average molecular weight is 344 g/mol. The van der Waals surface area contributed by atoms with Crippen molar-refractivity contribution in [3.8, 4) is 11.5 Å². The normalized spacial score (nSPS) is 19.5. The van der Waals surface area contributed by atoms with Gasteiger partial charge in [0.1, 0.15) is 0 Å². The van der Waals surface area contributed by atoms with Crippen LogP contribution in [0.3, 0.4) is 0 Å². The maximum absolute atomic E-state index is 6.38. The Bertz CT molecular complexity index is 732. The van der Waals surface area contributed by atoms with Gasteiger partial charge in [0.15, 0.2) is 11.5 Å². The molecule has 1 aliphatic carbocycles. The summed E-state index contributed by atoms with van der Waals surface area (Å²) in [5.74, 6) is 1.45. The molecule has 1 heterocycles. The molecule has 2 aromatic rings. The van der Waals surface area contributed by atoms with Gasteiger partial charge in [-0.1, -0.05) is 35.9 Å². The third-order valence-corrected chi connectivity index (χ3v) is 5.08. The van der Waals surface area contributed by atoms with Crippen molar-refractivity contribution in [2.75, 3.05) is 13.2 Å². The van der Waals surface area contributed by atoms with Crippen molar-refractivity contribution in [2.24, 2.45) is 0 Å². The van der Waals surface area contributed by atoms with Gasteiger partial charge in [-0.2, -0.15) is 0 Å². The summed E-state index contributed by atoms with van der Waals surface area (Å²) in [6.07, 6.45) is 4.31. The first-order chi connectivity index (χ1) is 11.8. The van der Waals surface area contributed by atoms with Crippen molar-refractivity contribution >= 4 is 11.6 Å². The van der Waals surface area contributed by atoms with Gasteiger partial charge in [0.25, 0.3) is 0 Å². The Labute approximate surface area is 147 Å². The van der Waals surface area contributed by atoms with Crippen LogP contribution in [0.1, 0.15) is 29.5 Å². The molecular weight excluding hydrogens is 322 g/mol. The molecular formula is C20H22ClNO2. The first kappa shape index (κ1) is 15.8. The summed E-state index contributed by atoms with van der Waals surface area (Å²) in [4.78, 5) is 0. The average Bonchev–Trinajstić information content (AvgIpc) is 2.86. The Morgan fingerprint density at radius 1 is 1.08 bits per heavy atom. The highest BCUT2D eigenvalue weighted by Gasteiger charge is 2.19. The standard InChI is InChI=1S/C20H22ClNO2/c21-18-10-14(11-19-20(18)24-9-3-8-23-19)13-22-17-7-6-15-4-1-2-5-16(15)12-17/h1-2,4-5,10-11,17,22H,3,6-9,12-13H2. The predicted octanol–water partition coefficient (Wildman–Crippen LogP) is 4.15. The van der Waals surface area contributed by atoms with E-state index >= 15 is 0 Å². The molecule has 2 aliphatic rings. The van der Waals surface area contributed by atoms with Gasteiger partial charge in [0, 0.05) is 19.0 Å². The van der Waals surface area contributed by atoms with E-state index in [1.807, 2.05) is 6.07 Å². The lowest BCUT2D eigenvalue weighted by molar-refractivity contribution is 0.297. The molecule has 0 saturated carbocycles. The number of benzene rings is 2. The Morgan fingerprint density at radius 2 is 1.92 bits per heavy atom. The number of fused-ring (bicyclic) bond motifs is 2. The van der Waals surface area contributed by atoms with Crippen LogP contribution in [0.5, 0.6) is 11.5 Å². The van der Waals surface area contributed by atoms with Gasteiger partial charge in [0.05, 0.1) is 18.2 Å². The van der Waals surface area contributed by atoms with Gasteiger partial charge >= 0.3 is 0 Å². The van der Waals surface area contributed by atoms with Gasteiger partial charge in [-0.05, 0) is 48.1 Å². The molecule has 0 amide bonds. The van der Waals surface area contributed by atoms with Crippen LogP contribution in [-0.2, 0) is 19.4 Å². The second-order valence-electron chi connectivity index (χ2n) is 6.54. The van der Waals surface area contributed by atoms with Crippen LogP contribution >= 0.6 is 11.6 Å². The summed E-state index contributed by atoms with van der Waals surface area (Å²) in [6.45, 7) is 2.13. The van der Waals surface area contributed by atoms with Crippen molar-refractivity contribution in [3.63, 3.8) is 0 Å². The lowest BCUT2D eigenvalue weighted by atomic mass is 9.88. The third-order valence-electron chi connectivity index (χ3n) is 4.80. The highest BCUT2D eigenvalue weighted by atomic mass is 35.5. The number of halogens is 1. The highest BCUT2D eigenvalue weighted by molar-refractivity contribution is 6.32. The van der Waals surface area contributed by atoms with Crippen LogP contribution in [0.4, 0.5) is 0 Å². The molecule has 1 unspecified atom stereocenters. The minimum atomic E-state index is 0.509. The summed E-state index contributed by atoms with van der Waals surface area (Å²) in [6, 6.07) is 13.3. The van der Waals surface area contributed by atoms with E-state index in [0.29, 0.717) is 30.0 Å². The van der Waals surface area contributed by atoms with Crippen molar-refractivity contribution < 1.29 is 9.47 Å². The zero-order chi connectivity index (χ0) is 16.4. The first-order valence-corrected chi connectivity index (χ1v) is 9.05. The minimum Gasteiger partial charge on any atom is -0.489 e. The molecule has 0 radical (unpaired) electrons. The van der Waals surface area contributed by atoms with Gasteiger partial charge in [-0.25, -0.2) is 0 Å². The fraction of sp³-hybridized carbons (Fsp3) is 0.400. The highest BCUT2D eigenvalue weighted by Crippen LogP contribution is 2.38. The number of rotatable bonds is 3. The van der Waals surface area contributed by atoms with E-state index < -0.39 is 0 Å². The molecule has 2 aromatic carbocycles. The largest absolute Gasteiger partial charge is 0.489 e. The van der Waals surface area contributed by atoms with E-state index in [2.05, 4.69) is 35.6 Å². The summed E-state index contributed by atoms with van der Waals surface area (Å²) in [5, 5.41) is 4.31. The van der Waals surface area contributed by atoms with Gasteiger partial charge in [-0.15, -0.1) is 0 Å². The van der Waals surface area contributed by atoms with Crippen molar-refractivity contribution in [1.29, 1.82) is 0 Å². The second-order valence-corrected chi connectivity index (χ2v) is 6.95. The van der Waals surface area contributed by atoms with Crippen LogP contribution in [0.2, 0.25) is 5.02 Å². The molecule has 1 atom stereocenters. The maximum Gasteiger partial charge on any atom is 0.179 e. The fourth-order valence-electron chi connectivity index (χ4n) is 3.52. The van der Waals surface area contributed by atoms with E-state index in [9.17, 15) is 0 Å². The summed E-state index contributed by atoms with van der Waals surface area (Å²) >= 11 is 6.38. The summed E-state index contributed by atoms with van der Waals surface area (Å²) in [5.41, 5.74) is 4.11. The van der Waals surface area contributed by atoms with Crippen LogP contribution in [-0.4, -0.2) is 19.3 Å². The molecule has 3 nitrogen and oxygen atoms in total. The van der Waals surface area contributed by atoms with Crippen LogP contribution < -0.4 is 14.8 Å². The van der Waals surface area contributed by atoms with Gasteiger partial charge in [-0.3, -0.25) is 0 Å². The molecule has 0 spiro atoms. The Balaban J connectivity index is 1.43. The lowest BCUT2D eigenvalue weighted by Crippen LogP contribution is -2.34. The molecule has 1 N–H and O–H groups in total. The summed E-state index contributed by atoms with van der Waals surface area (Å²) in [7, 11) is 0. The molecule has 24 heavy (non-hydrogen) atoms. The third kappa shape index (κ3) is 3.38. The predicted molar refractivity (Wildman–Crippen MR) is 96.2 cm³/mol. The lowest BCUT2D eigenvalue weighted by Gasteiger charge is -2.25. The SMILES string of the molecule is Clc1cc(CNC2CCc3ccccc3C2)cc2c1OCCCO2. The molecule has 0 saturated heterocycles. The van der Waals surface area contributed by atoms with Gasteiger partial charge in [0.2, 0.25) is 0 Å². The second kappa shape index (κ2) is 7.04.